The van der Waals surface area contributed by atoms with Crippen LogP contribution < -0.4 is 19.9 Å². The molecule has 1 aliphatic heterocycles. The molecule has 1 atom stereocenters. The molecule has 0 radical (unpaired) electrons. The summed E-state index contributed by atoms with van der Waals surface area (Å²) in [5.74, 6) is 0.980. The van der Waals surface area contributed by atoms with Crippen molar-refractivity contribution in [3.8, 4) is 5.75 Å². The Morgan fingerprint density at radius 1 is 1.41 bits per heavy atom. The number of amides is 1. The van der Waals surface area contributed by atoms with Crippen molar-refractivity contribution >= 4 is 11.6 Å². The number of rotatable bonds is 6. The lowest BCUT2D eigenvalue weighted by molar-refractivity contribution is -0.914. The lowest BCUT2D eigenvalue weighted by Crippen LogP contribution is -3.19. The molecule has 0 aliphatic carbocycles. The van der Waals surface area contributed by atoms with Crippen LogP contribution >= 0.6 is 0 Å². The number of carbonyl (C=O) groups is 1. The summed E-state index contributed by atoms with van der Waals surface area (Å²) in [6.45, 7) is 10.0. The number of carbonyl (C=O) groups excluding carboxylic acids is 1. The maximum absolute atomic E-state index is 12.0. The SMILES string of the molecule is C=CCNC(=O)[C@H](C)[NH+]1CCN(c2ccc(OC)cc2)CC1. The van der Waals surface area contributed by atoms with Gasteiger partial charge in [0.15, 0.2) is 6.04 Å². The maximum Gasteiger partial charge on any atom is 0.278 e. The van der Waals surface area contributed by atoms with E-state index in [0.717, 1.165) is 31.9 Å². The number of piperazine rings is 1. The third-order valence-corrected chi connectivity index (χ3v) is 4.27. The Morgan fingerprint density at radius 2 is 2.05 bits per heavy atom. The molecule has 1 amide bonds. The highest BCUT2D eigenvalue weighted by atomic mass is 16.5. The van der Waals surface area contributed by atoms with Crippen LogP contribution in [0.4, 0.5) is 5.69 Å². The van der Waals surface area contributed by atoms with E-state index in [-0.39, 0.29) is 11.9 Å². The Bertz CT molecular complexity index is 493. The fraction of sp³-hybridized carbons (Fsp3) is 0.471. The van der Waals surface area contributed by atoms with Crippen LogP contribution in [0.5, 0.6) is 5.75 Å². The number of benzene rings is 1. The summed E-state index contributed by atoms with van der Waals surface area (Å²) in [6, 6.07) is 8.13. The van der Waals surface area contributed by atoms with E-state index in [9.17, 15) is 4.79 Å². The second-order valence-corrected chi connectivity index (χ2v) is 5.60. The molecule has 5 heteroatoms. The predicted octanol–water partition coefficient (Wildman–Crippen LogP) is 0.0908. The first-order valence-corrected chi connectivity index (χ1v) is 7.78. The van der Waals surface area contributed by atoms with Gasteiger partial charge < -0.3 is 19.9 Å². The fourth-order valence-corrected chi connectivity index (χ4v) is 2.79. The van der Waals surface area contributed by atoms with E-state index >= 15 is 0 Å². The minimum atomic E-state index is -0.0158. The second-order valence-electron chi connectivity index (χ2n) is 5.60. The van der Waals surface area contributed by atoms with Gasteiger partial charge in [0.25, 0.3) is 5.91 Å². The monoisotopic (exact) mass is 304 g/mol. The van der Waals surface area contributed by atoms with E-state index in [1.807, 2.05) is 19.1 Å². The van der Waals surface area contributed by atoms with Crippen molar-refractivity contribution < 1.29 is 14.4 Å². The fourth-order valence-electron chi connectivity index (χ4n) is 2.79. The zero-order valence-electron chi connectivity index (χ0n) is 13.5. The van der Waals surface area contributed by atoms with Gasteiger partial charge in [0, 0.05) is 12.2 Å². The zero-order chi connectivity index (χ0) is 15.9. The number of nitrogens with one attached hydrogen (secondary N) is 2. The second kappa shape index (κ2) is 7.84. The van der Waals surface area contributed by atoms with Gasteiger partial charge in [-0.1, -0.05) is 6.08 Å². The van der Waals surface area contributed by atoms with Crippen molar-refractivity contribution in [2.45, 2.75) is 13.0 Å². The first-order valence-electron chi connectivity index (χ1n) is 7.78. The standard InChI is InChI=1S/C17H25N3O2/c1-4-9-18-17(21)14(2)19-10-12-20(13-11-19)15-5-7-16(22-3)8-6-15/h4-8,14H,1,9-13H2,2-3H3,(H,18,21)/p+1/t14-/m0/s1. The van der Waals surface area contributed by atoms with E-state index in [0.29, 0.717) is 6.54 Å². The van der Waals surface area contributed by atoms with Crippen molar-refractivity contribution in [2.75, 3.05) is 44.7 Å². The Balaban J connectivity index is 1.86. The highest BCUT2D eigenvalue weighted by Gasteiger charge is 2.28. The molecular formula is C17H26N3O2+. The summed E-state index contributed by atoms with van der Waals surface area (Å²) < 4.78 is 5.19. The van der Waals surface area contributed by atoms with Crippen LogP contribution in [0, 0.1) is 0 Å². The Hall–Kier alpha value is -2.01. The highest BCUT2D eigenvalue weighted by Crippen LogP contribution is 2.18. The molecule has 2 N–H and O–H groups in total. The first-order chi connectivity index (χ1) is 10.7. The van der Waals surface area contributed by atoms with Gasteiger partial charge in [-0.15, -0.1) is 6.58 Å². The number of methoxy groups -OCH3 is 1. The van der Waals surface area contributed by atoms with E-state index in [1.165, 1.54) is 10.6 Å². The molecule has 1 saturated heterocycles. The molecule has 2 rings (SSSR count). The maximum atomic E-state index is 12.0. The van der Waals surface area contributed by atoms with Gasteiger partial charge in [-0.2, -0.15) is 0 Å². The molecule has 0 saturated carbocycles. The van der Waals surface area contributed by atoms with Gasteiger partial charge in [0.1, 0.15) is 5.75 Å². The lowest BCUT2D eigenvalue weighted by Gasteiger charge is -2.36. The number of anilines is 1. The van der Waals surface area contributed by atoms with Crippen LogP contribution in [0.3, 0.4) is 0 Å². The predicted molar refractivity (Wildman–Crippen MR) is 88.6 cm³/mol. The van der Waals surface area contributed by atoms with Crippen LogP contribution in [0.15, 0.2) is 36.9 Å². The average Bonchev–Trinajstić information content (AvgIpc) is 2.59. The summed E-state index contributed by atoms with van der Waals surface area (Å²) in [7, 11) is 1.68. The normalized spacial score (nSPS) is 16.9. The van der Waals surface area contributed by atoms with E-state index in [4.69, 9.17) is 4.74 Å². The quantitative estimate of drug-likeness (QED) is 0.732. The molecule has 1 aromatic rings. The molecule has 1 aromatic carbocycles. The first kappa shape index (κ1) is 16.4. The number of quaternary nitrogens is 1. The number of hydrogen-bond acceptors (Lipinski definition) is 3. The molecule has 22 heavy (non-hydrogen) atoms. The molecule has 1 heterocycles. The minimum absolute atomic E-state index is 0.0158. The van der Waals surface area contributed by atoms with Crippen molar-refractivity contribution in [1.29, 1.82) is 0 Å². The van der Waals surface area contributed by atoms with Crippen molar-refractivity contribution in [3.63, 3.8) is 0 Å². The Morgan fingerprint density at radius 3 is 2.59 bits per heavy atom. The highest BCUT2D eigenvalue weighted by molar-refractivity contribution is 5.80. The molecule has 5 nitrogen and oxygen atoms in total. The Kier molecular flexibility index (Phi) is 5.83. The van der Waals surface area contributed by atoms with Gasteiger partial charge in [-0.3, -0.25) is 4.79 Å². The third-order valence-electron chi connectivity index (χ3n) is 4.27. The molecule has 1 aliphatic rings. The summed E-state index contributed by atoms with van der Waals surface area (Å²) in [4.78, 5) is 15.7. The molecule has 1 fully saturated rings. The summed E-state index contributed by atoms with van der Waals surface area (Å²) in [5, 5.41) is 2.88. The van der Waals surface area contributed by atoms with E-state index < -0.39 is 0 Å². The topological polar surface area (TPSA) is 46.0 Å². The van der Waals surface area contributed by atoms with Crippen LogP contribution in [-0.4, -0.2) is 51.8 Å². The summed E-state index contributed by atoms with van der Waals surface area (Å²) in [6.07, 6.45) is 1.71. The van der Waals surface area contributed by atoms with Crippen LogP contribution in [0.1, 0.15) is 6.92 Å². The van der Waals surface area contributed by atoms with Gasteiger partial charge in [0.05, 0.1) is 33.3 Å². The van der Waals surface area contributed by atoms with Gasteiger partial charge >= 0.3 is 0 Å². The van der Waals surface area contributed by atoms with E-state index in [2.05, 4.69) is 28.9 Å². The third kappa shape index (κ3) is 4.01. The minimum Gasteiger partial charge on any atom is -0.497 e. The molecule has 0 spiro atoms. The summed E-state index contributed by atoms with van der Waals surface area (Å²) >= 11 is 0. The molecule has 120 valence electrons. The lowest BCUT2D eigenvalue weighted by atomic mass is 10.2. The van der Waals surface area contributed by atoms with Crippen molar-refractivity contribution in [3.05, 3.63) is 36.9 Å². The molecular weight excluding hydrogens is 278 g/mol. The zero-order valence-corrected chi connectivity index (χ0v) is 13.5. The largest absolute Gasteiger partial charge is 0.497 e. The Labute approximate surface area is 132 Å². The molecule has 0 aromatic heterocycles. The summed E-state index contributed by atoms with van der Waals surface area (Å²) in [5.41, 5.74) is 1.21. The number of hydrogen-bond donors (Lipinski definition) is 2. The van der Waals surface area contributed by atoms with Crippen LogP contribution in [0.2, 0.25) is 0 Å². The van der Waals surface area contributed by atoms with Crippen molar-refractivity contribution in [2.24, 2.45) is 0 Å². The van der Waals surface area contributed by atoms with Crippen LogP contribution in [0.25, 0.3) is 0 Å². The molecule has 0 bridgehead atoms. The van der Waals surface area contributed by atoms with Gasteiger partial charge in [-0.05, 0) is 31.2 Å². The van der Waals surface area contributed by atoms with Crippen LogP contribution in [-0.2, 0) is 4.79 Å². The van der Waals surface area contributed by atoms with E-state index in [1.54, 1.807) is 13.2 Å². The van der Waals surface area contributed by atoms with Gasteiger partial charge in [0.2, 0.25) is 0 Å². The smallest absolute Gasteiger partial charge is 0.278 e. The van der Waals surface area contributed by atoms with Crippen molar-refractivity contribution in [1.82, 2.24) is 5.32 Å². The number of nitrogens with zero attached hydrogens (tertiary/aromatic N) is 1. The number of ether oxygens (including phenoxy) is 1. The van der Waals surface area contributed by atoms with Gasteiger partial charge in [-0.25, -0.2) is 0 Å². The molecule has 0 unspecified atom stereocenters. The average molecular weight is 304 g/mol.